The maximum Gasteiger partial charge on any atom is 0.0794 e. The number of para-hydroxylation sites is 1. The van der Waals surface area contributed by atoms with Gasteiger partial charge in [-0.1, -0.05) is 17.7 Å². The summed E-state index contributed by atoms with van der Waals surface area (Å²) < 4.78 is 0. The smallest absolute Gasteiger partial charge is 0.0794 e. The van der Waals surface area contributed by atoms with E-state index in [9.17, 15) is 0 Å². The minimum absolute atomic E-state index is 0.336. The Hall–Kier alpha value is -0.930. The van der Waals surface area contributed by atoms with E-state index in [2.05, 4.69) is 30.0 Å². The first-order valence-electron chi connectivity index (χ1n) is 5.07. The van der Waals surface area contributed by atoms with E-state index >= 15 is 0 Å². The number of benzene rings is 1. The van der Waals surface area contributed by atoms with Crippen LogP contribution in [0.15, 0.2) is 18.2 Å². The van der Waals surface area contributed by atoms with Crippen LogP contribution in [-0.4, -0.2) is 33.2 Å². The molecule has 0 bridgehead atoms. The predicted molar refractivity (Wildman–Crippen MR) is 66.0 cm³/mol. The summed E-state index contributed by atoms with van der Waals surface area (Å²) in [4.78, 5) is 4.39. The zero-order chi connectivity index (χ0) is 11.0. The highest BCUT2D eigenvalue weighted by molar-refractivity contribution is 6.34. The van der Waals surface area contributed by atoms with Gasteiger partial charge in [0.25, 0.3) is 0 Å². The molecule has 0 radical (unpaired) electrons. The van der Waals surface area contributed by atoms with E-state index in [1.807, 2.05) is 12.1 Å². The Balaban J connectivity index is 2.50. The van der Waals surface area contributed by atoms with E-state index in [0.717, 1.165) is 17.3 Å². The van der Waals surface area contributed by atoms with Crippen LogP contribution in [0, 0.1) is 0 Å². The number of halogens is 1. The number of anilines is 2. The normalized spacial score (nSPS) is 20.4. The molecule has 0 aliphatic carbocycles. The third-order valence-electron chi connectivity index (χ3n) is 3.03. The van der Waals surface area contributed by atoms with Crippen molar-refractivity contribution in [2.75, 3.05) is 37.0 Å². The highest BCUT2D eigenvalue weighted by atomic mass is 35.5. The van der Waals surface area contributed by atoms with Crippen molar-refractivity contribution >= 4 is 23.0 Å². The number of hydrogen-bond donors (Lipinski definition) is 1. The lowest BCUT2D eigenvalue weighted by Crippen LogP contribution is -2.49. The van der Waals surface area contributed by atoms with Gasteiger partial charge in [0.15, 0.2) is 0 Å². The Labute approximate surface area is 95.4 Å². The maximum atomic E-state index is 6.22. The molecule has 1 aromatic rings. The second kappa shape index (κ2) is 3.91. The number of rotatable bonds is 1. The molecule has 1 aliphatic heterocycles. The van der Waals surface area contributed by atoms with Gasteiger partial charge >= 0.3 is 0 Å². The zero-order valence-corrected chi connectivity index (χ0v) is 9.83. The monoisotopic (exact) mass is 225 g/mol. The van der Waals surface area contributed by atoms with Gasteiger partial charge in [-0.15, -0.1) is 0 Å². The Bertz CT molecular complexity index is 367. The van der Waals surface area contributed by atoms with Crippen molar-refractivity contribution in [3.8, 4) is 0 Å². The molecule has 0 fully saturated rings. The molecular formula is C11H16ClN3. The summed E-state index contributed by atoms with van der Waals surface area (Å²) >= 11 is 6.22. The average Bonchev–Trinajstić information content (AvgIpc) is 2.23. The van der Waals surface area contributed by atoms with Crippen LogP contribution >= 0.6 is 11.6 Å². The third kappa shape index (κ3) is 1.66. The Morgan fingerprint density at radius 1 is 1.47 bits per heavy atom. The van der Waals surface area contributed by atoms with Gasteiger partial charge in [0.05, 0.1) is 22.4 Å². The van der Waals surface area contributed by atoms with Gasteiger partial charge in [-0.05, 0) is 12.1 Å². The van der Waals surface area contributed by atoms with Gasteiger partial charge in [0, 0.05) is 27.2 Å². The minimum atomic E-state index is 0.336. The van der Waals surface area contributed by atoms with Crippen molar-refractivity contribution < 1.29 is 0 Å². The first-order valence-corrected chi connectivity index (χ1v) is 5.45. The molecule has 0 saturated heterocycles. The van der Waals surface area contributed by atoms with Crippen LogP contribution in [0.3, 0.4) is 0 Å². The molecule has 4 heteroatoms. The molecule has 1 unspecified atom stereocenters. The highest BCUT2D eigenvalue weighted by Gasteiger charge is 2.26. The number of hydrogen-bond acceptors (Lipinski definition) is 3. The molecule has 3 nitrogen and oxygen atoms in total. The molecule has 82 valence electrons. The molecule has 1 atom stereocenters. The molecule has 1 heterocycles. The van der Waals surface area contributed by atoms with Gasteiger partial charge in [-0.3, -0.25) is 0 Å². The lowest BCUT2D eigenvalue weighted by molar-refractivity contribution is 0.609. The number of nitrogens with zero attached hydrogens (tertiary/aromatic N) is 2. The van der Waals surface area contributed by atoms with E-state index < -0.39 is 0 Å². The Morgan fingerprint density at radius 3 is 2.87 bits per heavy atom. The maximum absolute atomic E-state index is 6.22. The predicted octanol–water partition coefficient (Wildman–Crippen LogP) is 1.55. The molecule has 0 spiro atoms. The van der Waals surface area contributed by atoms with E-state index in [4.69, 9.17) is 17.3 Å². The van der Waals surface area contributed by atoms with Crippen LogP contribution < -0.4 is 15.5 Å². The summed E-state index contributed by atoms with van der Waals surface area (Å²) in [7, 11) is 4.13. The molecule has 2 rings (SSSR count). The van der Waals surface area contributed by atoms with Crippen molar-refractivity contribution in [2.24, 2.45) is 5.73 Å². The van der Waals surface area contributed by atoms with Crippen molar-refractivity contribution in [1.29, 1.82) is 0 Å². The van der Waals surface area contributed by atoms with Crippen LogP contribution in [0.4, 0.5) is 11.4 Å². The first kappa shape index (κ1) is 10.6. The number of nitrogens with two attached hydrogens (primary N) is 1. The fourth-order valence-electron chi connectivity index (χ4n) is 2.11. The molecule has 0 saturated carbocycles. The van der Waals surface area contributed by atoms with Crippen LogP contribution in [0.2, 0.25) is 5.02 Å². The van der Waals surface area contributed by atoms with Gasteiger partial charge < -0.3 is 15.5 Å². The van der Waals surface area contributed by atoms with Crippen molar-refractivity contribution in [1.82, 2.24) is 0 Å². The molecular weight excluding hydrogens is 210 g/mol. The van der Waals surface area contributed by atoms with Gasteiger partial charge in [0.1, 0.15) is 0 Å². The summed E-state index contributed by atoms with van der Waals surface area (Å²) in [6.07, 6.45) is 0. The van der Waals surface area contributed by atoms with E-state index in [0.29, 0.717) is 12.6 Å². The first-order chi connectivity index (χ1) is 7.15. The van der Waals surface area contributed by atoms with Gasteiger partial charge in [-0.25, -0.2) is 0 Å². The summed E-state index contributed by atoms with van der Waals surface area (Å²) in [6.45, 7) is 1.59. The molecule has 2 N–H and O–H groups in total. The summed E-state index contributed by atoms with van der Waals surface area (Å²) in [5.41, 5.74) is 8.01. The second-order valence-electron chi connectivity index (χ2n) is 3.99. The lowest BCUT2D eigenvalue weighted by Gasteiger charge is -2.41. The number of likely N-dealkylation sites (N-methyl/N-ethyl adjacent to an activating group) is 2. The molecule has 0 amide bonds. The highest BCUT2D eigenvalue weighted by Crippen LogP contribution is 2.38. The van der Waals surface area contributed by atoms with E-state index in [-0.39, 0.29) is 0 Å². The summed E-state index contributed by atoms with van der Waals surface area (Å²) in [5.74, 6) is 0. The van der Waals surface area contributed by atoms with Crippen molar-refractivity contribution in [3.05, 3.63) is 23.2 Å². The van der Waals surface area contributed by atoms with Crippen LogP contribution in [0.1, 0.15) is 0 Å². The third-order valence-corrected chi connectivity index (χ3v) is 3.34. The topological polar surface area (TPSA) is 32.5 Å². The summed E-state index contributed by atoms with van der Waals surface area (Å²) in [5, 5.41) is 0.792. The fourth-order valence-corrected chi connectivity index (χ4v) is 2.42. The second-order valence-corrected chi connectivity index (χ2v) is 4.40. The largest absolute Gasteiger partial charge is 0.371 e. The van der Waals surface area contributed by atoms with Crippen molar-refractivity contribution in [3.63, 3.8) is 0 Å². The fraction of sp³-hybridized carbons (Fsp3) is 0.455. The van der Waals surface area contributed by atoms with Crippen LogP contribution in [-0.2, 0) is 0 Å². The van der Waals surface area contributed by atoms with Crippen molar-refractivity contribution in [2.45, 2.75) is 6.04 Å². The molecule has 1 aromatic carbocycles. The Kier molecular flexibility index (Phi) is 2.76. The molecule has 1 aliphatic rings. The average molecular weight is 226 g/mol. The lowest BCUT2D eigenvalue weighted by atomic mass is 10.1. The van der Waals surface area contributed by atoms with Gasteiger partial charge in [0.2, 0.25) is 0 Å². The van der Waals surface area contributed by atoms with E-state index in [1.54, 1.807) is 0 Å². The standard InChI is InChI=1S/C11H16ClN3/c1-14-7-8(6-13)15(2)11-9(12)4-3-5-10(11)14/h3-5,8H,6-7,13H2,1-2H3. The van der Waals surface area contributed by atoms with Gasteiger partial charge in [-0.2, -0.15) is 0 Å². The van der Waals surface area contributed by atoms with Crippen LogP contribution in [0.25, 0.3) is 0 Å². The zero-order valence-electron chi connectivity index (χ0n) is 9.07. The summed E-state index contributed by atoms with van der Waals surface area (Å²) in [6, 6.07) is 6.32. The SMILES string of the molecule is CN1CC(CN)N(C)c2c(Cl)cccc21. The number of fused-ring (bicyclic) bond motifs is 1. The Morgan fingerprint density at radius 2 is 2.20 bits per heavy atom. The van der Waals surface area contributed by atoms with Crippen LogP contribution in [0.5, 0.6) is 0 Å². The molecule has 0 aromatic heterocycles. The minimum Gasteiger partial charge on any atom is -0.371 e. The molecule has 15 heavy (non-hydrogen) atoms. The quantitative estimate of drug-likeness (QED) is 0.787. The van der Waals surface area contributed by atoms with E-state index in [1.165, 1.54) is 5.69 Å².